The Hall–Kier alpha value is -1.67. The van der Waals surface area contributed by atoms with Gasteiger partial charge >= 0.3 is 0 Å². The molecule has 1 unspecified atom stereocenters. The molecule has 0 aliphatic heterocycles. The van der Waals surface area contributed by atoms with Gasteiger partial charge in [0.1, 0.15) is 0 Å². The van der Waals surface area contributed by atoms with Gasteiger partial charge in [-0.25, -0.2) is 0 Å². The van der Waals surface area contributed by atoms with Crippen LogP contribution in [-0.4, -0.2) is 12.4 Å². The summed E-state index contributed by atoms with van der Waals surface area (Å²) in [5.74, 6) is 0.511. The van der Waals surface area contributed by atoms with Gasteiger partial charge in [0.15, 0.2) is 5.78 Å². The van der Waals surface area contributed by atoms with E-state index in [0.717, 1.165) is 25.0 Å². The van der Waals surface area contributed by atoms with Crippen molar-refractivity contribution in [3.05, 3.63) is 59.7 Å². The Labute approximate surface area is 134 Å². The van der Waals surface area contributed by atoms with E-state index in [9.17, 15) is 4.79 Å². The lowest BCUT2D eigenvalue weighted by Gasteiger charge is -2.04. The van der Waals surface area contributed by atoms with E-state index < -0.39 is 0 Å². The fraction of sp³-hybridized carbons (Fsp3) is 0.450. The van der Waals surface area contributed by atoms with Crippen molar-refractivity contribution in [3.63, 3.8) is 0 Å². The van der Waals surface area contributed by atoms with Crippen LogP contribution in [0.3, 0.4) is 0 Å². The standard InChI is InChI=1S/C20H28O2/c1-17(2)14-20(21)15-18(3)10-6-5-9-13-22-16-19-11-7-4-8-12-19/h4,6-8,10-12,14,18H,5,9,13,15-16H2,1-3H3/b10-6+. The maximum absolute atomic E-state index is 11.6. The first-order valence-corrected chi connectivity index (χ1v) is 8.04. The molecule has 2 heteroatoms. The molecular weight excluding hydrogens is 272 g/mol. The Bertz CT molecular complexity index is 482. The van der Waals surface area contributed by atoms with Crippen LogP contribution in [0.4, 0.5) is 0 Å². The molecule has 0 saturated heterocycles. The average molecular weight is 300 g/mol. The van der Waals surface area contributed by atoms with E-state index in [2.05, 4.69) is 31.2 Å². The molecule has 0 spiro atoms. The Morgan fingerprint density at radius 3 is 2.64 bits per heavy atom. The maximum atomic E-state index is 11.6. The van der Waals surface area contributed by atoms with Crippen molar-refractivity contribution < 1.29 is 9.53 Å². The third-order valence-electron chi connectivity index (χ3n) is 3.21. The number of hydrogen-bond donors (Lipinski definition) is 0. The molecule has 1 aromatic carbocycles. The van der Waals surface area contributed by atoms with E-state index >= 15 is 0 Å². The van der Waals surface area contributed by atoms with Crippen LogP contribution in [0.1, 0.15) is 45.6 Å². The summed E-state index contributed by atoms with van der Waals surface area (Å²) < 4.78 is 5.64. The van der Waals surface area contributed by atoms with Crippen LogP contribution in [-0.2, 0) is 16.1 Å². The predicted molar refractivity (Wildman–Crippen MR) is 92.7 cm³/mol. The van der Waals surface area contributed by atoms with Crippen LogP contribution in [0.15, 0.2) is 54.1 Å². The molecular formula is C20H28O2. The first-order chi connectivity index (χ1) is 10.6. The average Bonchev–Trinajstić information content (AvgIpc) is 2.46. The van der Waals surface area contributed by atoms with Crippen molar-refractivity contribution in [2.24, 2.45) is 5.92 Å². The molecule has 0 aliphatic rings. The number of carbonyl (C=O) groups is 1. The molecule has 0 aliphatic carbocycles. The van der Waals surface area contributed by atoms with E-state index in [-0.39, 0.29) is 5.78 Å². The second kappa shape index (κ2) is 11.0. The quantitative estimate of drug-likeness (QED) is 0.341. The predicted octanol–water partition coefficient (Wildman–Crippen LogP) is 5.10. The molecule has 0 aromatic heterocycles. The molecule has 0 bridgehead atoms. The van der Waals surface area contributed by atoms with Gasteiger partial charge in [-0.05, 0) is 44.2 Å². The topological polar surface area (TPSA) is 26.3 Å². The van der Waals surface area contributed by atoms with Crippen molar-refractivity contribution in [3.8, 4) is 0 Å². The summed E-state index contributed by atoms with van der Waals surface area (Å²) in [5, 5.41) is 0. The van der Waals surface area contributed by atoms with Crippen molar-refractivity contribution in [1.82, 2.24) is 0 Å². The molecule has 0 N–H and O–H groups in total. The van der Waals surface area contributed by atoms with Gasteiger partial charge < -0.3 is 4.74 Å². The lowest BCUT2D eigenvalue weighted by Crippen LogP contribution is -2.00. The molecule has 0 heterocycles. The lowest BCUT2D eigenvalue weighted by atomic mass is 10.0. The van der Waals surface area contributed by atoms with Crippen molar-refractivity contribution in [1.29, 1.82) is 0 Å². The number of hydrogen-bond acceptors (Lipinski definition) is 2. The SMILES string of the molecule is CC(C)=CC(=O)CC(C)/C=C/CCCOCc1ccccc1. The van der Waals surface area contributed by atoms with Gasteiger partial charge in [-0.3, -0.25) is 4.79 Å². The maximum Gasteiger partial charge on any atom is 0.156 e. The molecule has 1 rings (SSSR count). The third-order valence-corrected chi connectivity index (χ3v) is 3.21. The monoisotopic (exact) mass is 300 g/mol. The third kappa shape index (κ3) is 9.30. The van der Waals surface area contributed by atoms with E-state index in [4.69, 9.17) is 4.74 Å². The van der Waals surface area contributed by atoms with Gasteiger partial charge in [0.25, 0.3) is 0 Å². The van der Waals surface area contributed by atoms with Crippen molar-refractivity contribution in [2.45, 2.75) is 46.6 Å². The zero-order valence-corrected chi connectivity index (χ0v) is 14.0. The molecule has 2 nitrogen and oxygen atoms in total. The van der Waals surface area contributed by atoms with E-state index in [1.54, 1.807) is 6.08 Å². The molecule has 0 amide bonds. The first kappa shape index (κ1) is 18.4. The van der Waals surface area contributed by atoms with E-state index in [0.29, 0.717) is 18.9 Å². The molecule has 0 saturated carbocycles. The number of carbonyl (C=O) groups excluding carboxylic acids is 1. The van der Waals surface area contributed by atoms with Gasteiger partial charge in [-0.15, -0.1) is 0 Å². The normalized spacial score (nSPS) is 12.3. The zero-order chi connectivity index (χ0) is 16.2. The number of rotatable bonds is 10. The fourth-order valence-electron chi connectivity index (χ4n) is 2.16. The minimum Gasteiger partial charge on any atom is -0.377 e. The Kier molecular flexibility index (Phi) is 9.17. The highest BCUT2D eigenvalue weighted by Gasteiger charge is 2.03. The van der Waals surface area contributed by atoms with Crippen LogP contribution >= 0.6 is 0 Å². The second-order valence-electron chi connectivity index (χ2n) is 5.98. The Morgan fingerprint density at radius 2 is 1.95 bits per heavy atom. The highest BCUT2D eigenvalue weighted by Crippen LogP contribution is 2.08. The van der Waals surface area contributed by atoms with Crippen LogP contribution in [0.5, 0.6) is 0 Å². The van der Waals surface area contributed by atoms with Gasteiger partial charge in [-0.2, -0.15) is 0 Å². The molecule has 0 radical (unpaired) electrons. The van der Waals surface area contributed by atoms with Gasteiger partial charge in [0.05, 0.1) is 6.61 Å². The van der Waals surface area contributed by atoms with Crippen LogP contribution in [0, 0.1) is 5.92 Å². The van der Waals surface area contributed by atoms with E-state index in [1.807, 2.05) is 32.0 Å². The van der Waals surface area contributed by atoms with Gasteiger partial charge in [-0.1, -0.05) is 55.0 Å². The molecule has 120 valence electrons. The zero-order valence-electron chi connectivity index (χ0n) is 14.0. The number of unbranched alkanes of at least 4 members (excludes halogenated alkanes) is 1. The number of ether oxygens (including phenoxy) is 1. The van der Waals surface area contributed by atoms with Gasteiger partial charge in [0.2, 0.25) is 0 Å². The lowest BCUT2D eigenvalue weighted by molar-refractivity contribution is -0.115. The smallest absolute Gasteiger partial charge is 0.156 e. The highest BCUT2D eigenvalue weighted by molar-refractivity contribution is 5.90. The summed E-state index contributed by atoms with van der Waals surface area (Å²) in [6, 6.07) is 10.2. The minimum atomic E-state index is 0.211. The molecule has 22 heavy (non-hydrogen) atoms. The summed E-state index contributed by atoms with van der Waals surface area (Å²) in [6.45, 7) is 7.43. The Morgan fingerprint density at radius 1 is 1.23 bits per heavy atom. The fourth-order valence-corrected chi connectivity index (χ4v) is 2.16. The van der Waals surface area contributed by atoms with Crippen molar-refractivity contribution in [2.75, 3.05) is 6.61 Å². The molecule has 1 aromatic rings. The second-order valence-corrected chi connectivity index (χ2v) is 5.98. The van der Waals surface area contributed by atoms with Gasteiger partial charge in [0, 0.05) is 13.0 Å². The summed E-state index contributed by atoms with van der Waals surface area (Å²) in [7, 11) is 0. The summed E-state index contributed by atoms with van der Waals surface area (Å²) in [5.41, 5.74) is 2.28. The Balaban J connectivity index is 2.08. The highest BCUT2D eigenvalue weighted by atomic mass is 16.5. The number of ketones is 1. The molecule has 1 atom stereocenters. The first-order valence-electron chi connectivity index (χ1n) is 8.04. The number of benzene rings is 1. The summed E-state index contributed by atoms with van der Waals surface area (Å²) >= 11 is 0. The van der Waals surface area contributed by atoms with Crippen LogP contribution in [0.25, 0.3) is 0 Å². The summed E-state index contributed by atoms with van der Waals surface area (Å²) in [4.78, 5) is 11.6. The largest absolute Gasteiger partial charge is 0.377 e. The van der Waals surface area contributed by atoms with E-state index in [1.165, 1.54) is 5.56 Å². The summed E-state index contributed by atoms with van der Waals surface area (Å²) in [6.07, 6.45) is 8.61. The molecule has 0 fully saturated rings. The minimum absolute atomic E-state index is 0.211. The number of allylic oxidation sites excluding steroid dienone is 4. The van der Waals surface area contributed by atoms with Crippen LogP contribution < -0.4 is 0 Å². The van der Waals surface area contributed by atoms with Crippen LogP contribution in [0.2, 0.25) is 0 Å². The van der Waals surface area contributed by atoms with Crippen molar-refractivity contribution >= 4 is 5.78 Å².